The Morgan fingerprint density at radius 3 is 2.37 bits per heavy atom. The third-order valence-corrected chi connectivity index (χ3v) is 3.89. The zero-order valence-corrected chi connectivity index (χ0v) is 15.5. The summed E-state index contributed by atoms with van der Waals surface area (Å²) in [4.78, 5) is 35.4. The van der Waals surface area contributed by atoms with Crippen molar-refractivity contribution in [2.75, 3.05) is 7.11 Å². The Morgan fingerprint density at radius 2 is 1.78 bits per heavy atom. The Kier molecular flexibility index (Phi) is 7.06. The molecule has 0 N–H and O–H groups in total. The number of carbonyl (C=O) groups excluding carboxylic acids is 3. The molecule has 0 amide bonds. The van der Waals surface area contributed by atoms with Crippen LogP contribution in [0.25, 0.3) is 0 Å². The Labute approximate surface area is 158 Å². The van der Waals surface area contributed by atoms with Crippen LogP contribution < -0.4 is 9.47 Å². The molecule has 140 valence electrons. The van der Waals surface area contributed by atoms with Crippen LogP contribution in [0.15, 0.2) is 55.1 Å². The van der Waals surface area contributed by atoms with Gasteiger partial charge in [0.2, 0.25) is 0 Å². The minimum absolute atomic E-state index is 0.0490. The molecule has 0 aliphatic carbocycles. The number of methoxy groups -OCH3 is 1. The molecule has 2 rings (SSSR count). The molecule has 0 radical (unpaired) electrons. The standard InChI is InChI=1S/C22H22O5/c1-4-5-18-14-17(8-11-21(18)27-22(25)12-15(2)23)20(24)13-16-6-9-19(26-3)10-7-16/h4,6-11,14H,1,5,12-13H2,2-3H3. The van der Waals surface area contributed by atoms with Crippen LogP contribution in [0, 0.1) is 0 Å². The molecule has 0 aliphatic rings. The largest absolute Gasteiger partial charge is 0.497 e. The number of hydrogen-bond donors (Lipinski definition) is 0. The topological polar surface area (TPSA) is 69.7 Å². The number of hydrogen-bond acceptors (Lipinski definition) is 5. The van der Waals surface area contributed by atoms with E-state index in [1.807, 2.05) is 24.3 Å². The molecular formula is C22H22O5. The summed E-state index contributed by atoms with van der Waals surface area (Å²) in [6.45, 7) is 5.02. The highest BCUT2D eigenvalue weighted by Gasteiger charge is 2.14. The Bertz CT molecular complexity index is 850. The summed E-state index contributed by atoms with van der Waals surface area (Å²) in [6.07, 6.45) is 2.06. The van der Waals surface area contributed by atoms with Crippen molar-refractivity contribution < 1.29 is 23.9 Å². The van der Waals surface area contributed by atoms with Crippen LogP contribution in [-0.4, -0.2) is 24.6 Å². The maximum Gasteiger partial charge on any atom is 0.318 e. The summed E-state index contributed by atoms with van der Waals surface area (Å²) >= 11 is 0. The van der Waals surface area contributed by atoms with Crippen molar-refractivity contribution in [1.29, 1.82) is 0 Å². The molecule has 0 fully saturated rings. The van der Waals surface area contributed by atoms with Crippen molar-refractivity contribution >= 4 is 17.5 Å². The van der Waals surface area contributed by atoms with Gasteiger partial charge in [0.25, 0.3) is 0 Å². The van der Waals surface area contributed by atoms with E-state index in [-0.39, 0.29) is 24.4 Å². The summed E-state index contributed by atoms with van der Waals surface area (Å²) in [5, 5.41) is 0. The van der Waals surface area contributed by atoms with Crippen molar-refractivity contribution in [3.8, 4) is 11.5 Å². The number of Topliss-reactive ketones (excluding diaryl/α,β-unsaturated/α-hetero) is 2. The van der Waals surface area contributed by atoms with Crippen LogP contribution in [0.4, 0.5) is 0 Å². The lowest BCUT2D eigenvalue weighted by molar-refractivity contribution is -0.137. The van der Waals surface area contributed by atoms with E-state index in [9.17, 15) is 14.4 Å². The number of allylic oxidation sites excluding steroid dienone is 1. The van der Waals surface area contributed by atoms with Crippen LogP contribution in [0.3, 0.4) is 0 Å². The van der Waals surface area contributed by atoms with Crippen LogP contribution in [0.1, 0.15) is 34.8 Å². The molecule has 0 saturated heterocycles. The van der Waals surface area contributed by atoms with Crippen molar-refractivity contribution in [2.45, 2.75) is 26.2 Å². The van der Waals surface area contributed by atoms with Gasteiger partial charge in [0, 0.05) is 12.0 Å². The lowest BCUT2D eigenvalue weighted by atomic mass is 9.99. The fourth-order valence-electron chi connectivity index (χ4n) is 2.56. The van der Waals surface area contributed by atoms with E-state index < -0.39 is 5.97 Å². The summed E-state index contributed by atoms with van der Waals surface area (Å²) in [7, 11) is 1.59. The van der Waals surface area contributed by atoms with E-state index in [1.165, 1.54) is 6.92 Å². The SMILES string of the molecule is C=CCc1cc(C(=O)Cc2ccc(OC)cc2)ccc1OC(=O)CC(C)=O. The molecule has 0 atom stereocenters. The van der Waals surface area contributed by atoms with E-state index in [0.29, 0.717) is 23.3 Å². The van der Waals surface area contributed by atoms with Gasteiger partial charge in [0.15, 0.2) is 5.78 Å². The molecule has 0 bridgehead atoms. The van der Waals surface area contributed by atoms with E-state index in [4.69, 9.17) is 9.47 Å². The smallest absolute Gasteiger partial charge is 0.318 e. The number of esters is 1. The minimum Gasteiger partial charge on any atom is -0.497 e. The van der Waals surface area contributed by atoms with Crippen LogP contribution in [0.2, 0.25) is 0 Å². The molecular weight excluding hydrogens is 344 g/mol. The van der Waals surface area contributed by atoms with Gasteiger partial charge in [-0.25, -0.2) is 0 Å². The maximum atomic E-state index is 12.6. The second-order valence-corrected chi connectivity index (χ2v) is 6.12. The predicted molar refractivity (Wildman–Crippen MR) is 102 cm³/mol. The summed E-state index contributed by atoms with van der Waals surface area (Å²) in [6, 6.07) is 12.2. The first-order valence-electron chi connectivity index (χ1n) is 8.53. The van der Waals surface area contributed by atoms with Crippen molar-refractivity contribution in [3.05, 3.63) is 71.8 Å². The highest BCUT2D eigenvalue weighted by atomic mass is 16.5. The minimum atomic E-state index is -0.620. The molecule has 5 heteroatoms. The zero-order chi connectivity index (χ0) is 19.8. The van der Waals surface area contributed by atoms with Crippen LogP contribution in [-0.2, 0) is 22.4 Å². The first-order chi connectivity index (χ1) is 12.9. The van der Waals surface area contributed by atoms with Gasteiger partial charge in [-0.3, -0.25) is 14.4 Å². The zero-order valence-electron chi connectivity index (χ0n) is 15.5. The Hall–Kier alpha value is -3.21. The first kappa shape index (κ1) is 20.1. The van der Waals surface area contributed by atoms with Gasteiger partial charge in [0.05, 0.1) is 7.11 Å². The average molecular weight is 366 g/mol. The highest BCUT2D eigenvalue weighted by Crippen LogP contribution is 2.23. The quantitative estimate of drug-likeness (QED) is 0.222. The monoisotopic (exact) mass is 366 g/mol. The normalized spacial score (nSPS) is 10.1. The molecule has 0 aromatic heterocycles. The van der Waals surface area contributed by atoms with Gasteiger partial charge in [-0.1, -0.05) is 18.2 Å². The van der Waals surface area contributed by atoms with E-state index >= 15 is 0 Å². The molecule has 0 saturated carbocycles. The molecule has 5 nitrogen and oxygen atoms in total. The third-order valence-electron chi connectivity index (χ3n) is 3.89. The molecule has 2 aromatic carbocycles. The fourth-order valence-corrected chi connectivity index (χ4v) is 2.56. The molecule has 0 unspecified atom stereocenters. The number of carbonyl (C=O) groups is 3. The Morgan fingerprint density at radius 1 is 1.07 bits per heavy atom. The second-order valence-electron chi connectivity index (χ2n) is 6.12. The van der Waals surface area contributed by atoms with Gasteiger partial charge in [-0.2, -0.15) is 0 Å². The molecule has 0 aliphatic heterocycles. The first-order valence-corrected chi connectivity index (χ1v) is 8.53. The maximum absolute atomic E-state index is 12.6. The predicted octanol–water partition coefficient (Wildman–Crippen LogP) is 3.73. The summed E-state index contributed by atoms with van der Waals surface area (Å²) in [5.41, 5.74) is 2.07. The van der Waals surface area contributed by atoms with E-state index in [1.54, 1.807) is 31.4 Å². The fraction of sp³-hybridized carbons (Fsp3) is 0.227. The van der Waals surface area contributed by atoms with Crippen molar-refractivity contribution in [3.63, 3.8) is 0 Å². The van der Waals surface area contributed by atoms with Gasteiger partial charge in [0.1, 0.15) is 23.7 Å². The van der Waals surface area contributed by atoms with Crippen molar-refractivity contribution in [2.24, 2.45) is 0 Å². The van der Waals surface area contributed by atoms with E-state index in [0.717, 1.165) is 11.3 Å². The third kappa shape index (κ3) is 5.92. The highest BCUT2D eigenvalue weighted by molar-refractivity contribution is 5.98. The van der Waals surface area contributed by atoms with E-state index in [2.05, 4.69) is 6.58 Å². The van der Waals surface area contributed by atoms with Crippen LogP contribution in [0.5, 0.6) is 11.5 Å². The molecule has 2 aromatic rings. The number of benzene rings is 2. The summed E-state index contributed by atoms with van der Waals surface area (Å²) < 4.78 is 10.4. The number of ether oxygens (including phenoxy) is 2. The van der Waals surface area contributed by atoms with Crippen molar-refractivity contribution in [1.82, 2.24) is 0 Å². The molecule has 0 heterocycles. The van der Waals surface area contributed by atoms with Gasteiger partial charge in [-0.05, 0) is 54.8 Å². The molecule has 27 heavy (non-hydrogen) atoms. The van der Waals surface area contributed by atoms with Gasteiger partial charge < -0.3 is 9.47 Å². The Balaban J connectivity index is 2.17. The summed E-state index contributed by atoms with van der Waals surface area (Å²) in [5.74, 6) is 0.132. The van der Waals surface area contributed by atoms with Gasteiger partial charge in [-0.15, -0.1) is 6.58 Å². The second kappa shape index (κ2) is 9.48. The van der Waals surface area contributed by atoms with Crippen LogP contribution >= 0.6 is 0 Å². The van der Waals surface area contributed by atoms with Gasteiger partial charge >= 0.3 is 5.97 Å². The molecule has 0 spiro atoms. The number of ketones is 2. The lowest BCUT2D eigenvalue weighted by Crippen LogP contribution is -2.13. The lowest BCUT2D eigenvalue weighted by Gasteiger charge is -2.11. The average Bonchev–Trinajstić information content (AvgIpc) is 2.63. The number of rotatable bonds is 9.